The minimum atomic E-state index is -5.69. The number of aryl methyl sites for hydroxylation is 1. The molecule has 0 aliphatic heterocycles. The lowest BCUT2D eigenvalue weighted by atomic mass is 9.94. The molecule has 0 spiro atoms. The fourth-order valence-electron chi connectivity index (χ4n) is 3.63. The van der Waals surface area contributed by atoms with E-state index in [2.05, 4.69) is 0 Å². The molecule has 0 saturated heterocycles. The normalized spacial score (nSPS) is 12.2. The van der Waals surface area contributed by atoms with Crippen LogP contribution in [0, 0.1) is 30.2 Å². The number of Topliss-reactive ketones (excluding diaryl/α,β-unsaturated/α-hetero) is 1. The molecule has 0 bridgehead atoms. The van der Waals surface area contributed by atoms with Crippen LogP contribution in [0.15, 0.2) is 42.5 Å². The molecule has 0 saturated carbocycles. The van der Waals surface area contributed by atoms with Crippen LogP contribution in [0.1, 0.15) is 38.9 Å². The molecule has 0 fully saturated rings. The fraction of sp³-hybridized carbons (Fsp3) is 0.240. The molecule has 0 unspecified atom stereocenters. The summed E-state index contributed by atoms with van der Waals surface area (Å²) in [6.45, 7) is 1.60. The van der Waals surface area contributed by atoms with E-state index >= 15 is 0 Å². The molecule has 192 valence electrons. The molecule has 3 aromatic carbocycles. The van der Waals surface area contributed by atoms with Crippen molar-refractivity contribution in [3.05, 3.63) is 105 Å². The third-order valence-corrected chi connectivity index (χ3v) is 5.50. The number of hydrogen-bond donors (Lipinski definition) is 0. The maximum Gasteiger partial charge on any atom is 0.422 e. The Hall–Kier alpha value is -3.37. The summed E-state index contributed by atoms with van der Waals surface area (Å²) in [4.78, 5) is 12.4. The highest BCUT2D eigenvalue weighted by Gasteiger charge is 2.42. The van der Waals surface area contributed by atoms with Gasteiger partial charge in [-0.25, -0.2) is 17.6 Å². The van der Waals surface area contributed by atoms with Crippen molar-refractivity contribution in [3.8, 4) is 0 Å². The van der Waals surface area contributed by atoms with Crippen LogP contribution in [0.5, 0.6) is 0 Å². The topological polar surface area (TPSA) is 17.1 Å². The van der Waals surface area contributed by atoms with Crippen molar-refractivity contribution in [1.82, 2.24) is 0 Å². The number of ketones is 1. The van der Waals surface area contributed by atoms with Gasteiger partial charge in [-0.15, -0.1) is 0 Å². The predicted molar refractivity (Wildman–Crippen MR) is 109 cm³/mol. The van der Waals surface area contributed by atoms with Crippen molar-refractivity contribution in [1.29, 1.82) is 0 Å². The van der Waals surface area contributed by atoms with E-state index in [-0.39, 0.29) is 6.42 Å². The summed E-state index contributed by atoms with van der Waals surface area (Å²) in [6, 6.07) is 9.19. The zero-order valence-corrected chi connectivity index (χ0v) is 18.4. The highest BCUT2D eigenvalue weighted by Crippen LogP contribution is 2.37. The second kappa shape index (κ2) is 9.94. The summed E-state index contributed by atoms with van der Waals surface area (Å²) in [7, 11) is 0. The Labute approximate surface area is 198 Å². The van der Waals surface area contributed by atoms with Gasteiger partial charge in [-0.3, -0.25) is 4.79 Å². The summed E-state index contributed by atoms with van der Waals surface area (Å²) in [5.74, 6) is -10.8. The standard InChI is InChI=1S/C25H16F10O/c1-12-2-3-14(8-13-4-6-16(7-5-13)24(30,31)32)9-15(12)10-17(36)11-18-20(26)22(28)19(25(33,34)35)23(29)21(18)27/h2-7,9H,8,10-11H2,1H3. The number of hydrogen-bond acceptors (Lipinski definition) is 1. The zero-order valence-electron chi connectivity index (χ0n) is 18.4. The van der Waals surface area contributed by atoms with Gasteiger partial charge in [-0.1, -0.05) is 30.3 Å². The summed E-state index contributed by atoms with van der Waals surface area (Å²) in [5.41, 5.74) is -2.96. The highest BCUT2D eigenvalue weighted by atomic mass is 19.4. The van der Waals surface area contributed by atoms with Crippen LogP contribution in [-0.2, 0) is 36.4 Å². The van der Waals surface area contributed by atoms with Gasteiger partial charge >= 0.3 is 12.4 Å². The maximum atomic E-state index is 14.1. The molecular formula is C25H16F10O. The fourth-order valence-corrected chi connectivity index (χ4v) is 3.63. The van der Waals surface area contributed by atoms with E-state index in [1.807, 2.05) is 0 Å². The average Bonchev–Trinajstić information content (AvgIpc) is 2.76. The number of benzene rings is 3. The van der Waals surface area contributed by atoms with Crippen LogP contribution in [0.2, 0.25) is 0 Å². The number of rotatable bonds is 6. The van der Waals surface area contributed by atoms with Crippen LogP contribution < -0.4 is 0 Å². The summed E-state index contributed by atoms with van der Waals surface area (Å²) in [6.07, 6.45) is -11.7. The Morgan fingerprint density at radius 2 is 1.22 bits per heavy atom. The van der Waals surface area contributed by atoms with Crippen LogP contribution in [0.4, 0.5) is 43.9 Å². The number of carbonyl (C=O) groups excluding carboxylic acids is 1. The van der Waals surface area contributed by atoms with Gasteiger partial charge < -0.3 is 0 Å². The zero-order chi connectivity index (χ0) is 27.0. The van der Waals surface area contributed by atoms with Crippen LogP contribution in [-0.4, -0.2) is 5.78 Å². The largest absolute Gasteiger partial charge is 0.422 e. The molecule has 11 heteroatoms. The summed E-state index contributed by atoms with van der Waals surface area (Å²) >= 11 is 0. The molecule has 0 amide bonds. The Balaban J connectivity index is 1.81. The van der Waals surface area contributed by atoms with E-state index in [1.54, 1.807) is 19.1 Å². The molecule has 3 aromatic rings. The van der Waals surface area contributed by atoms with E-state index in [1.165, 1.54) is 18.2 Å². The number of alkyl halides is 6. The summed E-state index contributed by atoms with van der Waals surface area (Å²) < 4.78 is 132. The summed E-state index contributed by atoms with van der Waals surface area (Å²) in [5, 5.41) is 0. The first-order valence-corrected chi connectivity index (χ1v) is 10.3. The van der Waals surface area contributed by atoms with Crippen LogP contribution >= 0.6 is 0 Å². The first-order valence-electron chi connectivity index (χ1n) is 10.3. The van der Waals surface area contributed by atoms with Crippen molar-refractivity contribution in [2.45, 2.75) is 38.5 Å². The molecule has 0 aliphatic carbocycles. The molecule has 0 atom stereocenters. The smallest absolute Gasteiger partial charge is 0.299 e. The van der Waals surface area contributed by atoms with Gasteiger partial charge in [0.25, 0.3) is 0 Å². The Morgan fingerprint density at radius 1 is 0.694 bits per heavy atom. The predicted octanol–water partition coefficient (Wildman–Crippen LogP) is 7.53. The Morgan fingerprint density at radius 3 is 1.72 bits per heavy atom. The van der Waals surface area contributed by atoms with Crippen molar-refractivity contribution in [2.24, 2.45) is 0 Å². The van der Waals surface area contributed by atoms with Gasteiger partial charge in [0.2, 0.25) is 0 Å². The van der Waals surface area contributed by atoms with Crippen molar-refractivity contribution in [2.75, 3.05) is 0 Å². The second-order valence-electron chi connectivity index (χ2n) is 8.13. The molecule has 0 aromatic heterocycles. The van der Waals surface area contributed by atoms with Gasteiger partial charge in [-0.05, 0) is 47.7 Å². The van der Waals surface area contributed by atoms with Gasteiger partial charge in [0, 0.05) is 18.4 Å². The van der Waals surface area contributed by atoms with Crippen molar-refractivity contribution < 1.29 is 48.7 Å². The minimum Gasteiger partial charge on any atom is -0.299 e. The van der Waals surface area contributed by atoms with Crippen molar-refractivity contribution >= 4 is 5.78 Å². The lowest BCUT2D eigenvalue weighted by Crippen LogP contribution is -2.19. The minimum absolute atomic E-state index is 0.193. The number of carbonyl (C=O) groups is 1. The van der Waals surface area contributed by atoms with E-state index in [9.17, 15) is 48.7 Å². The third-order valence-electron chi connectivity index (χ3n) is 5.50. The van der Waals surface area contributed by atoms with Crippen LogP contribution in [0.25, 0.3) is 0 Å². The van der Waals surface area contributed by atoms with Gasteiger partial charge in [0.05, 0.1) is 5.56 Å². The van der Waals surface area contributed by atoms with E-state index in [0.717, 1.165) is 12.1 Å². The molecular weight excluding hydrogens is 506 g/mol. The van der Waals surface area contributed by atoms with E-state index in [4.69, 9.17) is 0 Å². The molecule has 0 heterocycles. The van der Waals surface area contributed by atoms with Gasteiger partial charge in [0.1, 0.15) is 11.3 Å². The average molecular weight is 522 g/mol. The first kappa shape index (κ1) is 27.2. The molecule has 0 radical (unpaired) electrons. The first-order chi connectivity index (χ1) is 16.6. The van der Waals surface area contributed by atoms with E-state index < -0.39 is 70.9 Å². The van der Waals surface area contributed by atoms with Gasteiger partial charge in [0.15, 0.2) is 23.3 Å². The third kappa shape index (κ3) is 5.88. The molecule has 0 N–H and O–H groups in total. The molecule has 1 nitrogen and oxygen atoms in total. The van der Waals surface area contributed by atoms with Crippen LogP contribution in [0.3, 0.4) is 0 Å². The second-order valence-corrected chi connectivity index (χ2v) is 8.13. The number of halogens is 10. The Kier molecular flexibility index (Phi) is 7.52. The van der Waals surface area contributed by atoms with Gasteiger partial charge in [-0.2, -0.15) is 26.3 Å². The van der Waals surface area contributed by atoms with Crippen molar-refractivity contribution in [3.63, 3.8) is 0 Å². The lowest BCUT2D eigenvalue weighted by Gasteiger charge is -2.14. The Bertz CT molecular complexity index is 1260. The van der Waals surface area contributed by atoms with E-state index in [0.29, 0.717) is 22.3 Å². The quantitative estimate of drug-likeness (QED) is 0.242. The molecule has 0 aliphatic rings. The highest BCUT2D eigenvalue weighted by molar-refractivity contribution is 5.83. The monoisotopic (exact) mass is 522 g/mol. The maximum absolute atomic E-state index is 14.1. The molecule has 3 rings (SSSR count). The molecule has 36 heavy (non-hydrogen) atoms. The lowest BCUT2D eigenvalue weighted by molar-refractivity contribution is -0.143. The SMILES string of the molecule is Cc1ccc(Cc2ccc(C(F)(F)F)cc2)cc1CC(=O)Cc1c(F)c(F)c(C(F)(F)F)c(F)c1F.